The zero-order chi connectivity index (χ0) is 23.4. The second kappa shape index (κ2) is 10.7. The van der Waals surface area contributed by atoms with Crippen LogP contribution in [0.5, 0.6) is 11.5 Å². The molecule has 0 radical (unpaired) electrons. The van der Waals surface area contributed by atoms with E-state index < -0.39 is 5.82 Å². The molecule has 10 heteroatoms. The van der Waals surface area contributed by atoms with Crippen molar-refractivity contribution < 1.29 is 13.9 Å². The highest BCUT2D eigenvalue weighted by Crippen LogP contribution is 2.37. The number of fused-ring (bicyclic) bond motifs is 1. The van der Waals surface area contributed by atoms with Crippen molar-refractivity contribution in [1.82, 2.24) is 14.9 Å². The normalized spacial score (nSPS) is 15.3. The van der Waals surface area contributed by atoms with Crippen LogP contribution < -0.4 is 14.8 Å². The monoisotopic (exact) mass is 510 g/mol. The maximum Gasteiger partial charge on any atom is 0.166 e. The molecule has 4 rings (SSSR count). The van der Waals surface area contributed by atoms with E-state index in [-0.39, 0.29) is 21.8 Å². The topological polar surface area (TPSA) is 59.5 Å². The molecule has 0 saturated carbocycles. The first-order chi connectivity index (χ1) is 16.0. The lowest BCUT2D eigenvalue weighted by molar-refractivity contribution is 0.104. The van der Waals surface area contributed by atoms with E-state index >= 15 is 0 Å². The molecule has 1 fully saturated rings. The van der Waals surface area contributed by atoms with Gasteiger partial charge in [0.15, 0.2) is 17.3 Å². The Kier molecular flexibility index (Phi) is 7.75. The van der Waals surface area contributed by atoms with Gasteiger partial charge < -0.3 is 14.8 Å². The Bertz CT molecular complexity index is 1170. The first-order valence-corrected chi connectivity index (χ1v) is 11.6. The maximum atomic E-state index is 14.6. The molecule has 0 atom stereocenters. The highest BCUT2D eigenvalue weighted by Gasteiger charge is 2.22. The van der Waals surface area contributed by atoms with E-state index in [0.29, 0.717) is 28.2 Å². The largest absolute Gasteiger partial charge is 0.493 e. The second-order valence-electron chi connectivity index (χ2n) is 7.57. The minimum absolute atomic E-state index is 0.0427. The number of hydrogen-bond donors (Lipinski definition) is 1. The molecule has 2 heterocycles. The van der Waals surface area contributed by atoms with E-state index in [2.05, 4.69) is 20.2 Å². The fraction of sp³-hybridized carbons (Fsp3) is 0.304. The number of likely N-dealkylation sites (tertiary alicyclic amines) is 1. The zero-order valence-electron chi connectivity index (χ0n) is 17.8. The third kappa shape index (κ3) is 5.44. The van der Waals surface area contributed by atoms with Crippen molar-refractivity contribution in [2.75, 3.05) is 32.1 Å². The maximum absolute atomic E-state index is 14.6. The van der Waals surface area contributed by atoms with Gasteiger partial charge in [0, 0.05) is 36.6 Å². The predicted molar refractivity (Wildman–Crippen MR) is 131 cm³/mol. The van der Waals surface area contributed by atoms with Gasteiger partial charge in [-0.05, 0) is 31.0 Å². The fourth-order valence-electron chi connectivity index (χ4n) is 3.74. The molecule has 174 valence electrons. The van der Waals surface area contributed by atoms with Gasteiger partial charge in [0.1, 0.15) is 18.2 Å². The standard InChI is InChI=1S/C23H22Cl3FN4O2/c1-32-19-12-18-15(11-20(19)33-14-5-9-31(10-6-14)8-2-7-24)23(29-13-28-18)30-17-4-3-16(25)21(26)22(17)27/h2-4,7,11-14H,5-6,8-10H2,1H3,(H,28,29,30). The van der Waals surface area contributed by atoms with Gasteiger partial charge in [-0.25, -0.2) is 14.4 Å². The lowest BCUT2D eigenvalue weighted by atomic mass is 10.1. The van der Waals surface area contributed by atoms with Crippen LogP contribution in [-0.2, 0) is 0 Å². The summed E-state index contributed by atoms with van der Waals surface area (Å²) in [5.41, 5.74) is 2.32. The van der Waals surface area contributed by atoms with Gasteiger partial charge in [-0.15, -0.1) is 0 Å². The van der Waals surface area contributed by atoms with E-state index in [9.17, 15) is 4.39 Å². The van der Waals surface area contributed by atoms with Crippen LogP contribution in [0.25, 0.3) is 10.9 Å². The van der Waals surface area contributed by atoms with Crippen LogP contribution in [0, 0.1) is 5.82 Å². The Morgan fingerprint density at radius 1 is 1.18 bits per heavy atom. The van der Waals surface area contributed by atoms with Gasteiger partial charge in [0.05, 0.1) is 28.4 Å². The number of nitrogens with zero attached hydrogens (tertiary/aromatic N) is 3. The Morgan fingerprint density at radius 3 is 2.70 bits per heavy atom. The van der Waals surface area contributed by atoms with Crippen LogP contribution in [-0.4, -0.2) is 47.7 Å². The first-order valence-electron chi connectivity index (χ1n) is 10.4. The highest BCUT2D eigenvalue weighted by atomic mass is 35.5. The zero-order valence-corrected chi connectivity index (χ0v) is 20.1. The van der Waals surface area contributed by atoms with Crippen molar-refractivity contribution in [3.8, 4) is 11.5 Å². The van der Waals surface area contributed by atoms with Crippen LogP contribution in [0.1, 0.15) is 12.8 Å². The van der Waals surface area contributed by atoms with E-state index in [1.165, 1.54) is 18.5 Å². The van der Waals surface area contributed by atoms with Crippen LogP contribution in [0.2, 0.25) is 10.0 Å². The molecule has 0 amide bonds. The molecule has 6 nitrogen and oxygen atoms in total. The molecule has 3 aromatic rings. The SMILES string of the molecule is COc1cc2ncnc(Nc3ccc(Cl)c(Cl)c3F)c2cc1OC1CCN(CC=CCl)CC1. The van der Waals surface area contributed by atoms with Crippen LogP contribution in [0.3, 0.4) is 0 Å². The van der Waals surface area contributed by atoms with E-state index in [1.807, 2.05) is 12.1 Å². The summed E-state index contributed by atoms with van der Waals surface area (Å²) in [4.78, 5) is 10.9. The molecular weight excluding hydrogens is 490 g/mol. The number of rotatable bonds is 7. The van der Waals surface area contributed by atoms with Gasteiger partial charge in [-0.1, -0.05) is 40.9 Å². The number of methoxy groups -OCH3 is 1. The minimum atomic E-state index is -0.656. The molecule has 0 aliphatic carbocycles. The number of anilines is 2. The van der Waals surface area contributed by atoms with Gasteiger partial charge in [0.2, 0.25) is 0 Å². The van der Waals surface area contributed by atoms with E-state index in [0.717, 1.165) is 32.5 Å². The molecule has 1 aromatic heterocycles. The Morgan fingerprint density at radius 2 is 1.97 bits per heavy atom. The number of ether oxygens (including phenoxy) is 2. The number of aromatic nitrogens is 2. The van der Waals surface area contributed by atoms with Crippen molar-refractivity contribution in [2.24, 2.45) is 0 Å². The van der Waals surface area contributed by atoms with Crippen molar-refractivity contribution in [2.45, 2.75) is 18.9 Å². The summed E-state index contributed by atoms with van der Waals surface area (Å²) < 4.78 is 26.4. The minimum Gasteiger partial charge on any atom is -0.493 e. The number of nitrogens with one attached hydrogen (secondary N) is 1. The Hall–Kier alpha value is -2.32. The second-order valence-corrected chi connectivity index (χ2v) is 8.61. The molecule has 0 spiro atoms. The fourth-order valence-corrected chi connectivity index (χ4v) is 4.13. The van der Waals surface area contributed by atoms with Crippen molar-refractivity contribution in [1.29, 1.82) is 0 Å². The van der Waals surface area contributed by atoms with Gasteiger partial charge >= 0.3 is 0 Å². The van der Waals surface area contributed by atoms with Crippen molar-refractivity contribution in [3.05, 3.63) is 58.1 Å². The summed E-state index contributed by atoms with van der Waals surface area (Å²) in [7, 11) is 1.58. The molecule has 33 heavy (non-hydrogen) atoms. The molecule has 1 aliphatic rings. The lowest BCUT2D eigenvalue weighted by Gasteiger charge is -2.31. The molecule has 0 unspecified atom stereocenters. The number of halogens is 4. The lowest BCUT2D eigenvalue weighted by Crippen LogP contribution is -2.38. The number of piperidine rings is 1. The Balaban J connectivity index is 1.60. The molecule has 1 N–H and O–H groups in total. The quantitative estimate of drug-likeness (QED) is 0.369. The summed E-state index contributed by atoms with van der Waals surface area (Å²) in [5.74, 6) is 0.904. The Labute approximate surface area is 206 Å². The average Bonchev–Trinajstić information content (AvgIpc) is 2.84. The third-order valence-corrected chi connectivity index (χ3v) is 6.45. The van der Waals surface area contributed by atoms with Gasteiger partial charge in [-0.2, -0.15) is 0 Å². The predicted octanol–water partition coefficient (Wildman–Crippen LogP) is 6.42. The van der Waals surface area contributed by atoms with Crippen molar-refractivity contribution >= 4 is 57.2 Å². The van der Waals surface area contributed by atoms with Gasteiger partial charge in [0.25, 0.3) is 0 Å². The average molecular weight is 512 g/mol. The number of benzene rings is 2. The highest BCUT2D eigenvalue weighted by molar-refractivity contribution is 6.42. The summed E-state index contributed by atoms with van der Waals surface area (Å²) in [6.07, 6.45) is 5.12. The summed E-state index contributed by atoms with van der Waals surface area (Å²) in [6, 6.07) is 6.62. The first kappa shape index (κ1) is 23.8. The molecule has 0 bridgehead atoms. The molecular formula is C23H22Cl3FN4O2. The summed E-state index contributed by atoms with van der Waals surface area (Å²) in [6.45, 7) is 2.65. The van der Waals surface area contributed by atoms with Gasteiger partial charge in [-0.3, -0.25) is 4.90 Å². The van der Waals surface area contributed by atoms with E-state index in [4.69, 9.17) is 44.3 Å². The molecule has 1 saturated heterocycles. The summed E-state index contributed by atoms with van der Waals surface area (Å²) in [5, 5.41) is 3.63. The number of hydrogen-bond acceptors (Lipinski definition) is 6. The van der Waals surface area contributed by atoms with E-state index in [1.54, 1.807) is 18.7 Å². The molecule has 1 aliphatic heterocycles. The molecule has 2 aromatic carbocycles. The third-order valence-electron chi connectivity index (χ3n) is 5.49. The van der Waals surface area contributed by atoms with Crippen LogP contribution in [0.4, 0.5) is 15.9 Å². The summed E-state index contributed by atoms with van der Waals surface area (Å²) >= 11 is 17.5. The smallest absolute Gasteiger partial charge is 0.166 e. The van der Waals surface area contributed by atoms with Crippen LogP contribution in [0.15, 0.2) is 42.2 Å². The van der Waals surface area contributed by atoms with Crippen molar-refractivity contribution in [3.63, 3.8) is 0 Å². The van der Waals surface area contributed by atoms with Crippen LogP contribution >= 0.6 is 34.8 Å².